The second-order valence-corrected chi connectivity index (χ2v) is 7.20. The molecule has 0 radical (unpaired) electrons. The molecule has 3 rings (SSSR count). The summed E-state index contributed by atoms with van der Waals surface area (Å²) in [4.78, 5) is 0.198. The minimum absolute atomic E-state index is 0.198. The standard InChI is InChI=1S/C12H14BrNO5S/c13-9-7-10-11(19-6-5-18-10)8-12(9)20(15,16)14-1-3-17-4-2-14/h7-8H,1-6H2. The predicted molar refractivity (Wildman–Crippen MR) is 74.7 cm³/mol. The van der Waals surface area contributed by atoms with E-state index in [4.69, 9.17) is 14.2 Å². The molecule has 20 heavy (non-hydrogen) atoms. The maximum atomic E-state index is 12.6. The van der Waals surface area contributed by atoms with Gasteiger partial charge in [0.05, 0.1) is 13.2 Å². The molecule has 1 aromatic carbocycles. The minimum Gasteiger partial charge on any atom is -0.486 e. The molecule has 0 bridgehead atoms. The summed E-state index contributed by atoms with van der Waals surface area (Å²) in [6.07, 6.45) is 0. The van der Waals surface area contributed by atoms with Crippen LogP contribution in [0.4, 0.5) is 0 Å². The number of ether oxygens (including phenoxy) is 3. The van der Waals surface area contributed by atoms with E-state index in [9.17, 15) is 8.42 Å². The van der Waals surface area contributed by atoms with Crippen LogP contribution in [0.15, 0.2) is 21.5 Å². The van der Waals surface area contributed by atoms with Crippen LogP contribution in [0.3, 0.4) is 0 Å². The van der Waals surface area contributed by atoms with Crippen LogP contribution in [0.1, 0.15) is 0 Å². The van der Waals surface area contributed by atoms with E-state index in [-0.39, 0.29) is 4.90 Å². The van der Waals surface area contributed by atoms with Crippen molar-refractivity contribution in [2.45, 2.75) is 4.90 Å². The van der Waals surface area contributed by atoms with Crippen molar-refractivity contribution in [3.8, 4) is 11.5 Å². The third-order valence-corrected chi connectivity index (χ3v) is 6.04. The smallest absolute Gasteiger partial charge is 0.244 e. The SMILES string of the molecule is O=S(=O)(c1cc2c(cc1Br)OCCO2)N1CCOCC1. The fourth-order valence-electron chi connectivity index (χ4n) is 2.17. The number of rotatable bonds is 2. The van der Waals surface area contributed by atoms with E-state index < -0.39 is 10.0 Å². The Morgan fingerprint density at radius 1 is 1.00 bits per heavy atom. The van der Waals surface area contributed by atoms with Crippen molar-refractivity contribution in [2.75, 3.05) is 39.5 Å². The predicted octanol–water partition coefficient (Wildman–Crippen LogP) is 1.24. The average molecular weight is 364 g/mol. The topological polar surface area (TPSA) is 65.1 Å². The first kappa shape index (κ1) is 14.1. The third kappa shape index (κ3) is 2.52. The molecule has 0 amide bonds. The van der Waals surface area contributed by atoms with Gasteiger partial charge < -0.3 is 14.2 Å². The molecule has 1 aromatic rings. The molecule has 2 aliphatic heterocycles. The Morgan fingerprint density at radius 3 is 2.25 bits per heavy atom. The summed E-state index contributed by atoms with van der Waals surface area (Å²) in [7, 11) is -3.56. The molecule has 1 saturated heterocycles. The first-order valence-corrected chi connectivity index (χ1v) is 8.49. The average Bonchev–Trinajstić information content (AvgIpc) is 2.47. The molecule has 2 aliphatic rings. The molecule has 110 valence electrons. The lowest BCUT2D eigenvalue weighted by atomic mass is 10.3. The van der Waals surface area contributed by atoms with Gasteiger partial charge in [-0.2, -0.15) is 4.31 Å². The maximum Gasteiger partial charge on any atom is 0.244 e. The fraction of sp³-hybridized carbons (Fsp3) is 0.500. The van der Waals surface area contributed by atoms with Crippen LogP contribution in [-0.4, -0.2) is 52.2 Å². The van der Waals surface area contributed by atoms with E-state index in [1.54, 1.807) is 6.07 Å². The van der Waals surface area contributed by atoms with Crippen molar-refractivity contribution in [2.24, 2.45) is 0 Å². The normalized spacial score (nSPS) is 19.9. The Bertz CT molecular complexity index is 613. The van der Waals surface area contributed by atoms with Gasteiger partial charge in [0.25, 0.3) is 0 Å². The van der Waals surface area contributed by atoms with Gasteiger partial charge in [0.1, 0.15) is 18.1 Å². The van der Waals surface area contributed by atoms with E-state index in [2.05, 4.69) is 15.9 Å². The highest BCUT2D eigenvalue weighted by Gasteiger charge is 2.30. The Hall–Kier alpha value is -0.830. The molecule has 0 spiro atoms. The molecular formula is C12H14BrNO5S. The van der Waals surface area contributed by atoms with E-state index in [0.717, 1.165) is 0 Å². The van der Waals surface area contributed by atoms with Crippen molar-refractivity contribution in [3.05, 3.63) is 16.6 Å². The van der Waals surface area contributed by atoms with Gasteiger partial charge in [-0.1, -0.05) is 0 Å². The molecule has 2 heterocycles. The quantitative estimate of drug-likeness (QED) is 0.790. The van der Waals surface area contributed by atoms with Gasteiger partial charge in [-0.25, -0.2) is 8.42 Å². The van der Waals surface area contributed by atoms with Crippen LogP contribution in [0, 0.1) is 0 Å². The number of nitrogens with zero attached hydrogens (tertiary/aromatic N) is 1. The lowest BCUT2D eigenvalue weighted by Crippen LogP contribution is -2.40. The van der Waals surface area contributed by atoms with Crippen LogP contribution < -0.4 is 9.47 Å². The first-order valence-electron chi connectivity index (χ1n) is 6.26. The van der Waals surface area contributed by atoms with Gasteiger partial charge in [0.2, 0.25) is 10.0 Å². The third-order valence-electron chi connectivity index (χ3n) is 3.18. The Morgan fingerprint density at radius 2 is 1.60 bits per heavy atom. The fourth-order valence-corrected chi connectivity index (χ4v) is 4.57. The van der Waals surface area contributed by atoms with Gasteiger partial charge in [-0.15, -0.1) is 0 Å². The molecule has 8 heteroatoms. The maximum absolute atomic E-state index is 12.6. The van der Waals surface area contributed by atoms with Crippen LogP contribution in [0.25, 0.3) is 0 Å². The van der Waals surface area contributed by atoms with Crippen LogP contribution >= 0.6 is 15.9 Å². The van der Waals surface area contributed by atoms with Gasteiger partial charge in [0, 0.05) is 23.6 Å². The molecule has 0 unspecified atom stereocenters. The molecule has 0 saturated carbocycles. The number of hydrogen-bond donors (Lipinski definition) is 0. The Kier molecular flexibility index (Phi) is 3.89. The van der Waals surface area contributed by atoms with Crippen molar-refractivity contribution < 1.29 is 22.6 Å². The summed E-state index contributed by atoms with van der Waals surface area (Å²) in [6.45, 7) is 2.45. The number of fused-ring (bicyclic) bond motifs is 1. The largest absolute Gasteiger partial charge is 0.486 e. The van der Waals surface area contributed by atoms with E-state index in [0.29, 0.717) is 55.5 Å². The lowest BCUT2D eigenvalue weighted by Gasteiger charge is -2.27. The Balaban J connectivity index is 2.00. The summed E-state index contributed by atoms with van der Waals surface area (Å²) in [5.41, 5.74) is 0. The highest BCUT2D eigenvalue weighted by atomic mass is 79.9. The van der Waals surface area contributed by atoms with Crippen LogP contribution in [0.2, 0.25) is 0 Å². The lowest BCUT2D eigenvalue weighted by molar-refractivity contribution is 0.0730. The second kappa shape index (κ2) is 5.51. The minimum atomic E-state index is -3.56. The zero-order valence-electron chi connectivity index (χ0n) is 10.7. The highest BCUT2D eigenvalue weighted by molar-refractivity contribution is 9.10. The molecule has 6 nitrogen and oxygen atoms in total. The molecule has 0 atom stereocenters. The zero-order valence-corrected chi connectivity index (χ0v) is 13.1. The summed E-state index contributed by atoms with van der Waals surface area (Å²) < 4.78 is 43.2. The van der Waals surface area contributed by atoms with Gasteiger partial charge in [0.15, 0.2) is 11.5 Å². The monoisotopic (exact) mass is 363 g/mol. The number of hydrogen-bond acceptors (Lipinski definition) is 5. The molecule has 0 N–H and O–H groups in total. The van der Waals surface area contributed by atoms with E-state index in [1.165, 1.54) is 10.4 Å². The summed E-state index contributed by atoms with van der Waals surface area (Å²) in [5, 5.41) is 0. The summed E-state index contributed by atoms with van der Waals surface area (Å²) >= 11 is 3.31. The molecular weight excluding hydrogens is 350 g/mol. The number of halogens is 1. The van der Waals surface area contributed by atoms with Crippen molar-refractivity contribution in [1.82, 2.24) is 4.31 Å². The molecule has 1 fully saturated rings. The van der Waals surface area contributed by atoms with Crippen LogP contribution in [-0.2, 0) is 14.8 Å². The van der Waals surface area contributed by atoms with E-state index in [1.807, 2.05) is 0 Å². The Labute approximate surface area is 125 Å². The number of morpholine rings is 1. The van der Waals surface area contributed by atoms with E-state index >= 15 is 0 Å². The first-order chi connectivity index (χ1) is 9.59. The van der Waals surface area contributed by atoms with Crippen molar-refractivity contribution in [1.29, 1.82) is 0 Å². The van der Waals surface area contributed by atoms with Crippen LogP contribution in [0.5, 0.6) is 11.5 Å². The number of benzene rings is 1. The number of sulfonamides is 1. The molecule has 0 aliphatic carbocycles. The zero-order chi connectivity index (χ0) is 14.2. The highest BCUT2D eigenvalue weighted by Crippen LogP contribution is 2.38. The van der Waals surface area contributed by atoms with Gasteiger partial charge in [-0.05, 0) is 22.0 Å². The van der Waals surface area contributed by atoms with Gasteiger partial charge >= 0.3 is 0 Å². The summed E-state index contributed by atoms with van der Waals surface area (Å²) in [5.74, 6) is 1.02. The molecule has 0 aromatic heterocycles. The van der Waals surface area contributed by atoms with Gasteiger partial charge in [-0.3, -0.25) is 0 Å². The summed E-state index contributed by atoms with van der Waals surface area (Å²) in [6, 6.07) is 3.16. The van der Waals surface area contributed by atoms with Crippen molar-refractivity contribution in [3.63, 3.8) is 0 Å². The van der Waals surface area contributed by atoms with Crippen molar-refractivity contribution >= 4 is 26.0 Å². The second-order valence-electron chi connectivity index (χ2n) is 4.44.